The molecule has 2 atom stereocenters. The summed E-state index contributed by atoms with van der Waals surface area (Å²) in [5.41, 5.74) is 5.83. The quantitative estimate of drug-likeness (QED) is 0.775. The zero-order chi connectivity index (χ0) is 20.4. The van der Waals surface area contributed by atoms with Crippen LogP contribution in [0.3, 0.4) is 0 Å². The van der Waals surface area contributed by atoms with Gasteiger partial charge in [0.05, 0.1) is 5.54 Å². The number of aliphatic imine (C=N–C) groups is 1. The van der Waals surface area contributed by atoms with Crippen LogP contribution in [-0.4, -0.2) is 21.8 Å². The Morgan fingerprint density at radius 2 is 2.07 bits per heavy atom. The number of anilines is 1. The van der Waals surface area contributed by atoms with Crippen molar-refractivity contribution in [3.8, 4) is 0 Å². The highest BCUT2D eigenvalue weighted by atomic mass is 32.2. The lowest BCUT2D eigenvalue weighted by molar-refractivity contribution is 0.101. The van der Waals surface area contributed by atoms with Crippen LogP contribution < -0.4 is 11.1 Å². The molecule has 1 amide bonds. The number of nitrogens with two attached hydrogens (primary N) is 1. The lowest BCUT2D eigenvalue weighted by Crippen LogP contribution is -2.40. The SMILES string of the molecule is NC1=NC2(c3cc(NC(=O)c4ncccc4F)ccc3F)CCCCCC2CS1. The Morgan fingerprint density at radius 3 is 2.90 bits per heavy atom. The van der Waals surface area contributed by atoms with Crippen molar-refractivity contribution in [2.45, 2.75) is 37.6 Å². The first kappa shape index (κ1) is 19.8. The number of rotatable bonds is 3. The second kappa shape index (κ2) is 8.10. The van der Waals surface area contributed by atoms with Gasteiger partial charge in [0.15, 0.2) is 16.7 Å². The summed E-state index contributed by atoms with van der Waals surface area (Å²) in [6, 6.07) is 6.98. The van der Waals surface area contributed by atoms with Crippen molar-refractivity contribution < 1.29 is 13.6 Å². The number of thioether (sulfide) groups is 1. The normalized spacial score (nSPS) is 24.2. The number of benzene rings is 1. The molecule has 1 aromatic carbocycles. The molecule has 0 bridgehead atoms. The third-order valence-electron chi connectivity index (χ3n) is 5.69. The lowest BCUT2D eigenvalue weighted by Gasteiger charge is -2.40. The summed E-state index contributed by atoms with van der Waals surface area (Å²) in [7, 11) is 0. The number of amidine groups is 1. The standard InChI is InChI=1S/C21H22F2N4OS/c22-16-8-7-14(26-19(28)18-17(23)6-4-10-25-18)11-15(16)21-9-3-1-2-5-13(21)12-29-20(24)27-21/h4,6-8,10-11,13H,1-3,5,9,12H2,(H2,24,27)(H,26,28). The molecular formula is C21H22F2N4OS. The predicted molar refractivity (Wildman–Crippen MR) is 111 cm³/mol. The number of hydrogen-bond donors (Lipinski definition) is 2. The van der Waals surface area contributed by atoms with E-state index in [2.05, 4.69) is 10.3 Å². The Balaban J connectivity index is 1.72. The third kappa shape index (κ3) is 3.85. The van der Waals surface area contributed by atoms with Crippen LogP contribution in [0.4, 0.5) is 14.5 Å². The van der Waals surface area contributed by atoms with Crippen molar-refractivity contribution in [3.05, 3.63) is 59.4 Å². The van der Waals surface area contributed by atoms with Crippen LogP contribution in [0, 0.1) is 17.6 Å². The zero-order valence-corrected chi connectivity index (χ0v) is 16.6. The first-order valence-electron chi connectivity index (χ1n) is 9.69. The van der Waals surface area contributed by atoms with Crippen LogP contribution in [0.1, 0.15) is 48.2 Å². The van der Waals surface area contributed by atoms with Crippen LogP contribution >= 0.6 is 11.8 Å². The molecule has 0 spiro atoms. The van der Waals surface area contributed by atoms with Crippen molar-refractivity contribution in [2.24, 2.45) is 16.6 Å². The molecule has 1 aliphatic heterocycles. The predicted octanol–water partition coefficient (Wildman–Crippen LogP) is 4.45. The summed E-state index contributed by atoms with van der Waals surface area (Å²) >= 11 is 1.51. The van der Waals surface area contributed by atoms with E-state index in [9.17, 15) is 9.18 Å². The molecule has 1 saturated carbocycles. The van der Waals surface area contributed by atoms with Gasteiger partial charge in [0.1, 0.15) is 5.82 Å². The van der Waals surface area contributed by atoms with Crippen molar-refractivity contribution in [2.75, 3.05) is 11.1 Å². The first-order valence-corrected chi connectivity index (χ1v) is 10.7. The van der Waals surface area contributed by atoms with Crippen LogP contribution in [-0.2, 0) is 5.54 Å². The molecule has 1 fully saturated rings. The fourth-order valence-electron chi connectivity index (χ4n) is 4.28. The van der Waals surface area contributed by atoms with E-state index in [1.165, 1.54) is 42.2 Å². The number of fused-ring (bicyclic) bond motifs is 1. The van der Waals surface area contributed by atoms with Crippen LogP contribution in [0.5, 0.6) is 0 Å². The smallest absolute Gasteiger partial charge is 0.277 e. The van der Waals surface area contributed by atoms with Crippen LogP contribution in [0.25, 0.3) is 0 Å². The lowest BCUT2D eigenvalue weighted by atomic mass is 9.75. The minimum absolute atomic E-state index is 0.177. The number of carbonyl (C=O) groups is 1. The van der Waals surface area contributed by atoms with Gasteiger partial charge in [-0.3, -0.25) is 9.79 Å². The Labute approximate surface area is 172 Å². The molecule has 29 heavy (non-hydrogen) atoms. The molecule has 1 aromatic heterocycles. The summed E-state index contributed by atoms with van der Waals surface area (Å²) in [4.78, 5) is 21.0. The van der Waals surface area contributed by atoms with Gasteiger partial charge in [-0.05, 0) is 49.1 Å². The van der Waals surface area contributed by atoms with Gasteiger partial charge in [0, 0.05) is 23.2 Å². The van der Waals surface area contributed by atoms with E-state index in [0.29, 0.717) is 22.8 Å². The van der Waals surface area contributed by atoms with Gasteiger partial charge >= 0.3 is 0 Å². The van der Waals surface area contributed by atoms with Gasteiger partial charge in [-0.15, -0.1) is 0 Å². The van der Waals surface area contributed by atoms with Crippen molar-refractivity contribution in [1.82, 2.24) is 4.98 Å². The number of amides is 1. The minimum atomic E-state index is -0.729. The Morgan fingerprint density at radius 1 is 1.21 bits per heavy atom. The van der Waals surface area contributed by atoms with E-state index in [1.54, 1.807) is 6.07 Å². The molecule has 2 aromatic rings. The molecule has 0 radical (unpaired) electrons. The molecule has 2 heterocycles. The monoisotopic (exact) mass is 416 g/mol. The minimum Gasteiger partial charge on any atom is -0.379 e. The number of aromatic nitrogens is 1. The second-order valence-corrected chi connectivity index (χ2v) is 8.50. The molecule has 8 heteroatoms. The maximum Gasteiger partial charge on any atom is 0.277 e. The van der Waals surface area contributed by atoms with Gasteiger partial charge in [-0.25, -0.2) is 13.8 Å². The molecule has 2 aliphatic rings. The number of halogens is 2. The van der Waals surface area contributed by atoms with Crippen LogP contribution in [0.15, 0.2) is 41.5 Å². The van der Waals surface area contributed by atoms with E-state index in [1.807, 2.05) is 0 Å². The molecule has 2 unspecified atom stereocenters. The van der Waals surface area contributed by atoms with E-state index < -0.39 is 17.3 Å². The maximum absolute atomic E-state index is 15.0. The van der Waals surface area contributed by atoms with Gasteiger partial charge < -0.3 is 11.1 Å². The fourth-order valence-corrected chi connectivity index (χ4v) is 5.32. The second-order valence-electron chi connectivity index (χ2n) is 7.46. The maximum atomic E-state index is 15.0. The van der Waals surface area contributed by atoms with E-state index in [-0.39, 0.29) is 17.4 Å². The summed E-state index contributed by atoms with van der Waals surface area (Å²) in [5.74, 6) is -0.794. The van der Waals surface area contributed by atoms with Gasteiger partial charge in [0.25, 0.3) is 5.91 Å². The van der Waals surface area contributed by atoms with E-state index >= 15 is 4.39 Å². The summed E-state index contributed by atoms with van der Waals surface area (Å²) in [6.07, 6.45) is 6.11. The largest absolute Gasteiger partial charge is 0.379 e. The summed E-state index contributed by atoms with van der Waals surface area (Å²) in [5, 5.41) is 3.10. The number of nitrogens with one attached hydrogen (secondary N) is 1. The molecule has 0 saturated heterocycles. The molecule has 5 nitrogen and oxygen atoms in total. The van der Waals surface area contributed by atoms with Crippen molar-refractivity contribution >= 4 is 28.5 Å². The molecule has 3 N–H and O–H groups in total. The average Bonchev–Trinajstić information content (AvgIpc) is 2.92. The highest BCUT2D eigenvalue weighted by Gasteiger charge is 2.45. The molecule has 4 rings (SSSR count). The first-order chi connectivity index (χ1) is 14.0. The number of pyridine rings is 1. The van der Waals surface area contributed by atoms with Crippen molar-refractivity contribution in [1.29, 1.82) is 0 Å². The van der Waals surface area contributed by atoms with E-state index in [0.717, 1.165) is 31.4 Å². The topological polar surface area (TPSA) is 80.4 Å². The number of nitrogens with zero attached hydrogens (tertiary/aromatic N) is 2. The highest BCUT2D eigenvalue weighted by molar-refractivity contribution is 8.13. The third-order valence-corrected chi connectivity index (χ3v) is 6.65. The summed E-state index contributed by atoms with van der Waals surface area (Å²) in [6.45, 7) is 0. The molecule has 1 aliphatic carbocycles. The molecule has 152 valence electrons. The van der Waals surface area contributed by atoms with Crippen LogP contribution in [0.2, 0.25) is 0 Å². The highest BCUT2D eigenvalue weighted by Crippen LogP contribution is 2.49. The number of hydrogen-bond acceptors (Lipinski definition) is 5. The van der Waals surface area contributed by atoms with Gasteiger partial charge in [0.2, 0.25) is 0 Å². The van der Waals surface area contributed by atoms with Gasteiger partial charge in [-0.1, -0.05) is 31.0 Å². The molecular weight excluding hydrogens is 394 g/mol. The Kier molecular flexibility index (Phi) is 5.54. The Bertz CT molecular complexity index is 967. The van der Waals surface area contributed by atoms with Crippen molar-refractivity contribution in [3.63, 3.8) is 0 Å². The summed E-state index contributed by atoms with van der Waals surface area (Å²) < 4.78 is 28.9. The number of carbonyl (C=O) groups excluding carboxylic acids is 1. The average molecular weight is 416 g/mol. The zero-order valence-electron chi connectivity index (χ0n) is 15.8. The van der Waals surface area contributed by atoms with E-state index in [4.69, 9.17) is 10.7 Å². The Hall–Kier alpha value is -2.48. The fraction of sp³-hybridized carbons (Fsp3) is 0.381. The van der Waals surface area contributed by atoms with Gasteiger partial charge in [-0.2, -0.15) is 0 Å².